The van der Waals surface area contributed by atoms with Crippen molar-refractivity contribution in [2.24, 2.45) is 5.73 Å². The predicted octanol–water partition coefficient (Wildman–Crippen LogP) is -2.35. The Bertz CT molecular complexity index is 696. The zero-order valence-electron chi connectivity index (χ0n) is 18.7. The maximum atomic E-state index is 12.9. The third kappa shape index (κ3) is 10.1. The van der Waals surface area contributed by atoms with Gasteiger partial charge in [0.25, 0.3) is 0 Å². The highest BCUT2D eigenvalue weighted by atomic mass is 16.4. The van der Waals surface area contributed by atoms with Gasteiger partial charge in [0.2, 0.25) is 17.7 Å². The number of unbranched alkanes of at least 4 members (excludes halogenated alkanes) is 1. The lowest BCUT2D eigenvalue weighted by atomic mass is 10.0. The van der Waals surface area contributed by atoms with Gasteiger partial charge in [0.05, 0.1) is 12.1 Å². The van der Waals surface area contributed by atoms with E-state index in [1.807, 2.05) is 0 Å². The molecule has 0 saturated carbocycles. The summed E-state index contributed by atoms with van der Waals surface area (Å²) in [4.78, 5) is 60.0. The fourth-order valence-electron chi connectivity index (χ4n) is 3.39. The molecule has 3 amide bonds. The second kappa shape index (κ2) is 14.4. The summed E-state index contributed by atoms with van der Waals surface area (Å²) < 4.78 is 0. The number of hydrogen-bond acceptors (Lipinski definition) is 8. The molecule has 0 aliphatic carbocycles. The number of rotatable bonds is 15. The van der Waals surface area contributed by atoms with Crippen LogP contribution in [0, 0.1) is 0 Å². The van der Waals surface area contributed by atoms with Crippen LogP contribution >= 0.6 is 0 Å². The van der Waals surface area contributed by atoms with Crippen LogP contribution in [-0.2, 0) is 24.0 Å². The molecule has 0 aromatic rings. The van der Waals surface area contributed by atoms with Gasteiger partial charge >= 0.3 is 11.9 Å². The van der Waals surface area contributed by atoms with Crippen molar-refractivity contribution in [2.45, 2.75) is 82.1 Å². The highest BCUT2D eigenvalue weighted by Gasteiger charge is 2.33. The summed E-state index contributed by atoms with van der Waals surface area (Å²) in [6.07, 6.45) is 0.621. The Morgan fingerprint density at radius 3 is 2.21 bits per heavy atom. The van der Waals surface area contributed by atoms with Crippen LogP contribution in [0.4, 0.5) is 0 Å². The van der Waals surface area contributed by atoms with Gasteiger partial charge in [0, 0.05) is 6.42 Å². The SMILES string of the molecule is CC(O)C(NC(=O)C(CCCCN)NC(=O)C1CCCN1)C(=O)NC(CCC(=O)O)C(=O)O. The van der Waals surface area contributed by atoms with E-state index in [2.05, 4.69) is 21.3 Å². The van der Waals surface area contributed by atoms with Crippen LogP contribution in [0.1, 0.15) is 51.9 Å². The number of carboxylic acids is 2. The average molecular weight is 474 g/mol. The zero-order chi connectivity index (χ0) is 25.0. The molecule has 0 radical (unpaired) electrons. The van der Waals surface area contributed by atoms with Crippen LogP contribution < -0.4 is 27.0 Å². The number of hydrogen-bond donors (Lipinski definition) is 8. The first-order valence-corrected chi connectivity index (χ1v) is 11.0. The third-order valence-corrected chi connectivity index (χ3v) is 5.28. The monoisotopic (exact) mass is 473 g/mol. The van der Waals surface area contributed by atoms with Crippen LogP contribution in [0.2, 0.25) is 0 Å². The number of carbonyl (C=O) groups is 5. The van der Waals surface area contributed by atoms with Gasteiger partial charge < -0.3 is 42.3 Å². The summed E-state index contributed by atoms with van der Waals surface area (Å²) in [5.41, 5.74) is 5.50. The minimum absolute atomic E-state index is 0.256. The van der Waals surface area contributed by atoms with Crippen molar-refractivity contribution in [3.05, 3.63) is 0 Å². The van der Waals surface area contributed by atoms with Crippen LogP contribution in [0.3, 0.4) is 0 Å². The Labute approximate surface area is 191 Å². The van der Waals surface area contributed by atoms with E-state index in [1.54, 1.807) is 0 Å². The Balaban J connectivity index is 2.86. The lowest BCUT2D eigenvalue weighted by Gasteiger charge is -2.26. The van der Waals surface area contributed by atoms with E-state index in [-0.39, 0.29) is 18.7 Å². The topological polar surface area (TPSA) is 220 Å². The third-order valence-electron chi connectivity index (χ3n) is 5.28. The Morgan fingerprint density at radius 2 is 1.70 bits per heavy atom. The fourth-order valence-corrected chi connectivity index (χ4v) is 3.39. The van der Waals surface area contributed by atoms with Crippen LogP contribution in [0.15, 0.2) is 0 Å². The van der Waals surface area contributed by atoms with Crippen molar-refractivity contribution in [3.63, 3.8) is 0 Å². The smallest absolute Gasteiger partial charge is 0.326 e. The van der Waals surface area contributed by atoms with Crippen LogP contribution in [0.25, 0.3) is 0 Å². The normalized spacial score (nSPS) is 19.1. The lowest BCUT2D eigenvalue weighted by molar-refractivity contribution is -0.144. The quantitative estimate of drug-likeness (QED) is 0.118. The summed E-state index contributed by atoms with van der Waals surface area (Å²) in [5, 5.41) is 38.2. The molecule has 1 heterocycles. The molecule has 0 aromatic heterocycles. The zero-order valence-corrected chi connectivity index (χ0v) is 18.7. The van der Waals surface area contributed by atoms with Gasteiger partial charge in [-0.05, 0) is 58.5 Å². The number of amides is 3. The molecule has 1 aliphatic heterocycles. The molecule has 13 heteroatoms. The molecule has 1 rings (SSSR count). The second-order valence-electron chi connectivity index (χ2n) is 8.05. The molecule has 33 heavy (non-hydrogen) atoms. The van der Waals surface area contributed by atoms with Gasteiger partial charge in [-0.1, -0.05) is 0 Å². The molecule has 1 saturated heterocycles. The van der Waals surface area contributed by atoms with Crippen molar-refractivity contribution in [1.82, 2.24) is 21.3 Å². The molecular formula is C20H35N5O8. The molecule has 5 atom stereocenters. The summed E-state index contributed by atoms with van der Waals surface area (Å²) in [5.74, 6) is -4.73. The van der Waals surface area contributed by atoms with Crippen molar-refractivity contribution >= 4 is 29.7 Å². The molecular weight excluding hydrogens is 438 g/mol. The molecule has 13 nitrogen and oxygen atoms in total. The molecule has 5 unspecified atom stereocenters. The van der Waals surface area contributed by atoms with Gasteiger partial charge in [-0.25, -0.2) is 4.79 Å². The van der Waals surface area contributed by atoms with E-state index in [1.165, 1.54) is 6.92 Å². The van der Waals surface area contributed by atoms with E-state index >= 15 is 0 Å². The van der Waals surface area contributed by atoms with Gasteiger partial charge in [-0.15, -0.1) is 0 Å². The second-order valence-corrected chi connectivity index (χ2v) is 8.05. The maximum absolute atomic E-state index is 12.9. The van der Waals surface area contributed by atoms with E-state index < -0.39 is 60.4 Å². The predicted molar refractivity (Wildman–Crippen MR) is 116 cm³/mol. The standard InChI is InChI=1S/C20H35N5O8/c1-11(26)16(19(31)24-14(20(32)33)7-8-15(27)28)25-18(30)13(5-2-3-9-21)23-17(29)12-6-4-10-22-12/h11-14,16,22,26H,2-10,21H2,1H3,(H,23,29)(H,24,31)(H,25,30)(H,27,28)(H,32,33). The minimum atomic E-state index is -1.51. The Morgan fingerprint density at radius 1 is 1.00 bits per heavy atom. The van der Waals surface area contributed by atoms with E-state index in [4.69, 9.17) is 10.8 Å². The average Bonchev–Trinajstić information content (AvgIpc) is 3.28. The van der Waals surface area contributed by atoms with Crippen molar-refractivity contribution in [2.75, 3.05) is 13.1 Å². The summed E-state index contributed by atoms with van der Waals surface area (Å²) >= 11 is 0. The molecule has 188 valence electrons. The molecule has 0 bridgehead atoms. The first-order chi connectivity index (χ1) is 15.6. The number of carboxylic acid groups (broad SMARTS) is 2. The van der Waals surface area contributed by atoms with Crippen LogP contribution in [-0.4, -0.2) is 88.3 Å². The van der Waals surface area contributed by atoms with Gasteiger partial charge in [0.15, 0.2) is 0 Å². The van der Waals surface area contributed by atoms with Crippen molar-refractivity contribution in [3.8, 4) is 0 Å². The van der Waals surface area contributed by atoms with Crippen molar-refractivity contribution < 1.29 is 39.3 Å². The molecule has 1 fully saturated rings. The number of aliphatic hydroxyl groups is 1. The Hall–Kier alpha value is -2.77. The molecule has 1 aliphatic rings. The lowest BCUT2D eigenvalue weighted by Crippen LogP contribution is -2.59. The largest absolute Gasteiger partial charge is 0.481 e. The highest BCUT2D eigenvalue weighted by molar-refractivity contribution is 5.94. The van der Waals surface area contributed by atoms with Crippen LogP contribution in [0.5, 0.6) is 0 Å². The van der Waals surface area contributed by atoms with Gasteiger partial charge in [-0.3, -0.25) is 19.2 Å². The summed E-state index contributed by atoms with van der Waals surface area (Å²) in [6.45, 7) is 2.33. The fraction of sp³-hybridized carbons (Fsp3) is 0.750. The first-order valence-electron chi connectivity index (χ1n) is 11.0. The molecule has 9 N–H and O–H groups in total. The number of aliphatic hydroxyl groups excluding tert-OH is 1. The highest BCUT2D eigenvalue weighted by Crippen LogP contribution is 2.08. The summed E-state index contributed by atoms with van der Waals surface area (Å²) in [6, 6.07) is -4.43. The number of carbonyl (C=O) groups excluding carboxylic acids is 3. The molecule has 0 aromatic carbocycles. The summed E-state index contributed by atoms with van der Waals surface area (Å²) in [7, 11) is 0. The van der Waals surface area contributed by atoms with E-state index in [0.29, 0.717) is 32.4 Å². The number of nitrogens with one attached hydrogen (secondary N) is 4. The first kappa shape index (κ1) is 28.3. The number of aliphatic carboxylic acids is 2. The molecule has 0 spiro atoms. The Kier molecular flexibility index (Phi) is 12.3. The van der Waals surface area contributed by atoms with E-state index in [0.717, 1.165) is 6.42 Å². The number of nitrogens with two attached hydrogens (primary N) is 1. The maximum Gasteiger partial charge on any atom is 0.326 e. The van der Waals surface area contributed by atoms with Gasteiger partial charge in [0.1, 0.15) is 18.1 Å². The van der Waals surface area contributed by atoms with E-state index in [9.17, 15) is 34.2 Å². The minimum Gasteiger partial charge on any atom is -0.481 e. The van der Waals surface area contributed by atoms with Gasteiger partial charge in [-0.2, -0.15) is 0 Å². The van der Waals surface area contributed by atoms with Crippen molar-refractivity contribution in [1.29, 1.82) is 0 Å².